The molecule has 10 heteroatoms. The standard InChI is InChI=1S/C18H18F4N6/c1-10-6-23-18(26-12-7-24-28(8-12)9-15(21)22)27-17(10)25-11(2)16-13(19)4-3-5-14(16)20/h3-8,11,15H,9H2,1-2H3,(H2,23,25,26,27). The van der Waals surface area contributed by atoms with E-state index in [2.05, 4.69) is 25.7 Å². The second-order valence-electron chi connectivity index (χ2n) is 6.19. The van der Waals surface area contributed by atoms with Crippen LogP contribution in [0.1, 0.15) is 24.1 Å². The third-order valence-electron chi connectivity index (χ3n) is 3.97. The maximum Gasteiger partial charge on any atom is 0.257 e. The highest BCUT2D eigenvalue weighted by molar-refractivity contribution is 5.55. The van der Waals surface area contributed by atoms with Gasteiger partial charge in [0.2, 0.25) is 5.95 Å². The summed E-state index contributed by atoms with van der Waals surface area (Å²) in [6.07, 6.45) is 1.79. The maximum atomic E-state index is 14.0. The van der Waals surface area contributed by atoms with Crippen molar-refractivity contribution in [3.8, 4) is 0 Å². The van der Waals surface area contributed by atoms with E-state index in [-0.39, 0.29) is 11.5 Å². The minimum Gasteiger partial charge on any atom is -0.363 e. The van der Waals surface area contributed by atoms with Crippen molar-refractivity contribution in [1.82, 2.24) is 19.7 Å². The van der Waals surface area contributed by atoms with E-state index in [1.807, 2.05) is 0 Å². The molecular weight excluding hydrogens is 376 g/mol. The number of nitrogens with one attached hydrogen (secondary N) is 2. The molecule has 1 aromatic carbocycles. The lowest BCUT2D eigenvalue weighted by atomic mass is 10.1. The van der Waals surface area contributed by atoms with E-state index in [1.54, 1.807) is 13.8 Å². The van der Waals surface area contributed by atoms with E-state index in [1.165, 1.54) is 36.8 Å². The number of anilines is 3. The Kier molecular flexibility index (Phi) is 5.76. The van der Waals surface area contributed by atoms with Crippen LogP contribution < -0.4 is 10.6 Å². The van der Waals surface area contributed by atoms with Crippen molar-refractivity contribution in [2.24, 2.45) is 0 Å². The fourth-order valence-electron chi connectivity index (χ4n) is 2.65. The molecule has 0 spiro atoms. The minimum absolute atomic E-state index is 0.0942. The van der Waals surface area contributed by atoms with Gasteiger partial charge in [-0.3, -0.25) is 4.68 Å². The van der Waals surface area contributed by atoms with Crippen molar-refractivity contribution < 1.29 is 17.6 Å². The second-order valence-corrected chi connectivity index (χ2v) is 6.19. The molecule has 0 aliphatic heterocycles. The Morgan fingerprint density at radius 3 is 2.54 bits per heavy atom. The first kappa shape index (κ1) is 19.6. The molecule has 0 bridgehead atoms. The number of aromatic nitrogens is 4. The van der Waals surface area contributed by atoms with Crippen LogP contribution in [0.15, 0.2) is 36.8 Å². The Morgan fingerprint density at radius 1 is 1.14 bits per heavy atom. The molecule has 1 atom stereocenters. The second kappa shape index (κ2) is 8.24. The summed E-state index contributed by atoms with van der Waals surface area (Å²) in [6, 6.07) is 2.99. The van der Waals surface area contributed by atoms with Crippen LogP contribution in [0.3, 0.4) is 0 Å². The molecule has 148 valence electrons. The molecule has 1 unspecified atom stereocenters. The van der Waals surface area contributed by atoms with Crippen LogP contribution >= 0.6 is 0 Å². The highest BCUT2D eigenvalue weighted by Gasteiger charge is 2.17. The van der Waals surface area contributed by atoms with Crippen molar-refractivity contribution in [3.63, 3.8) is 0 Å². The van der Waals surface area contributed by atoms with Gasteiger partial charge < -0.3 is 10.6 Å². The molecule has 0 saturated heterocycles. The lowest BCUT2D eigenvalue weighted by molar-refractivity contribution is 0.122. The molecule has 2 N–H and O–H groups in total. The van der Waals surface area contributed by atoms with Crippen LogP contribution in [0.5, 0.6) is 0 Å². The van der Waals surface area contributed by atoms with E-state index in [9.17, 15) is 17.6 Å². The zero-order valence-corrected chi connectivity index (χ0v) is 15.1. The average molecular weight is 394 g/mol. The first-order chi connectivity index (χ1) is 13.3. The molecule has 0 radical (unpaired) electrons. The number of hydrogen-bond donors (Lipinski definition) is 2. The van der Waals surface area contributed by atoms with Gasteiger partial charge in [0, 0.05) is 23.5 Å². The van der Waals surface area contributed by atoms with E-state index >= 15 is 0 Å². The molecule has 3 rings (SSSR count). The van der Waals surface area contributed by atoms with Gasteiger partial charge >= 0.3 is 0 Å². The summed E-state index contributed by atoms with van der Waals surface area (Å²) in [5, 5.41) is 9.66. The largest absolute Gasteiger partial charge is 0.363 e. The van der Waals surface area contributed by atoms with Crippen molar-refractivity contribution in [2.45, 2.75) is 32.9 Å². The van der Waals surface area contributed by atoms with E-state index in [4.69, 9.17) is 0 Å². The van der Waals surface area contributed by atoms with Crippen molar-refractivity contribution in [1.29, 1.82) is 0 Å². The molecule has 6 nitrogen and oxygen atoms in total. The summed E-state index contributed by atoms with van der Waals surface area (Å²) in [6.45, 7) is 2.84. The monoisotopic (exact) mass is 394 g/mol. The number of hydrogen-bond acceptors (Lipinski definition) is 5. The molecule has 3 aromatic rings. The normalized spacial score (nSPS) is 12.2. The van der Waals surface area contributed by atoms with Crippen LogP contribution in [0.25, 0.3) is 0 Å². The number of aryl methyl sites for hydroxylation is 1. The van der Waals surface area contributed by atoms with Gasteiger partial charge in [-0.15, -0.1) is 0 Å². The van der Waals surface area contributed by atoms with Crippen LogP contribution in [0.4, 0.5) is 35.0 Å². The average Bonchev–Trinajstić information content (AvgIpc) is 3.04. The summed E-state index contributed by atoms with van der Waals surface area (Å²) >= 11 is 0. The minimum atomic E-state index is -2.51. The molecule has 0 fully saturated rings. The zero-order chi connectivity index (χ0) is 20.3. The third kappa shape index (κ3) is 4.56. The van der Waals surface area contributed by atoms with Crippen molar-refractivity contribution in [3.05, 3.63) is 59.6 Å². The van der Waals surface area contributed by atoms with Gasteiger partial charge in [-0.2, -0.15) is 10.1 Å². The van der Waals surface area contributed by atoms with Gasteiger partial charge in [0.1, 0.15) is 24.0 Å². The predicted octanol–water partition coefficient (Wildman–Crippen LogP) is 4.44. The van der Waals surface area contributed by atoms with Crippen molar-refractivity contribution >= 4 is 17.5 Å². The summed E-state index contributed by atoms with van der Waals surface area (Å²) in [4.78, 5) is 8.42. The number of halogens is 4. The first-order valence-corrected chi connectivity index (χ1v) is 8.45. The highest BCUT2D eigenvalue weighted by Crippen LogP contribution is 2.25. The lowest BCUT2D eigenvalue weighted by Gasteiger charge is -2.18. The van der Waals surface area contributed by atoms with Gasteiger partial charge in [-0.25, -0.2) is 22.5 Å². The third-order valence-corrected chi connectivity index (χ3v) is 3.97. The zero-order valence-electron chi connectivity index (χ0n) is 15.1. The molecule has 0 saturated carbocycles. The Hall–Kier alpha value is -3.17. The van der Waals surface area contributed by atoms with Crippen LogP contribution in [0.2, 0.25) is 0 Å². The van der Waals surface area contributed by atoms with Crippen molar-refractivity contribution in [2.75, 3.05) is 10.6 Å². The maximum absolute atomic E-state index is 14.0. The van der Waals surface area contributed by atoms with Gasteiger partial charge in [-0.05, 0) is 26.0 Å². The Morgan fingerprint density at radius 2 is 1.86 bits per heavy atom. The van der Waals surface area contributed by atoms with Gasteiger partial charge in [0.15, 0.2) is 0 Å². The number of benzene rings is 1. The summed E-state index contributed by atoms with van der Waals surface area (Å²) in [5.74, 6) is -0.744. The Bertz CT molecular complexity index is 939. The van der Waals surface area contributed by atoms with Crippen LogP contribution in [-0.4, -0.2) is 26.2 Å². The molecule has 0 aliphatic carbocycles. The lowest BCUT2D eigenvalue weighted by Crippen LogP contribution is -2.13. The Labute approximate surface area is 158 Å². The van der Waals surface area contributed by atoms with E-state index in [0.29, 0.717) is 17.1 Å². The summed E-state index contributed by atoms with van der Waals surface area (Å²) < 4.78 is 53.9. The van der Waals surface area contributed by atoms with Gasteiger partial charge in [0.25, 0.3) is 6.43 Å². The quantitative estimate of drug-likeness (QED) is 0.580. The SMILES string of the molecule is Cc1cnc(Nc2cnn(CC(F)F)c2)nc1NC(C)c1c(F)cccc1F. The first-order valence-electron chi connectivity index (χ1n) is 8.45. The smallest absolute Gasteiger partial charge is 0.257 e. The Balaban J connectivity index is 1.77. The van der Waals surface area contributed by atoms with Gasteiger partial charge in [-0.1, -0.05) is 6.07 Å². The molecule has 2 heterocycles. The predicted molar refractivity (Wildman–Crippen MR) is 96.7 cm³/mol. The van der Waals surface area contributed by atoms with Gasteiger partial charge in [0.05, 0.1) is 17.9 Å². The number of alkyl halides is 2. The molecule has 0 amide bonds. The molecule has 2 aromatic heterocycles. The van der Waals surface area contributed by atoms with E-state index in [0.717, 1.165) is 4.68 Å². The van der Waals surface area contributed by atoms with E-state index < -0.39 is 30.6 Å². The fourth-order valence-corrected chi connectivity index (χ4v) is 2.65. The fraction of sp³-hybridized carbons (Fsp3) is 0.278. The summed E-state index contributed by atoms with van der Waals surface area (Å²) in [7, 11) is 0. The topological polar surface area (TPSA) is 67.7 Å². The number of rotatable bonds is 7. The number of nitrogens with zero attached hydrogens (tertiary/aromatic N) is 4. The molecule has 28 heavy (non-hydrogen) atoms. The molecule has 0 aliphatic rings. The highest BCUT2D eigenvalue weighted by atomic mass is 19.3. The van der Waals surface area contributed by atoms with Crippen LogP contribution in [0, 0.1) is 18.6 Å². The van der Waals surface area contributed by atoms with Crippen LogP contribution in [-0.2, 0) is 6.54 Å². The summed E-state index contributed by atoms with van der Waals surface area (Å²) in [5.41, 5.74) is 1.01. The molecular formula is C18H18F4N6.